The van der Waals surface area contributed by atoms with E-state index in [0.717, 1.165) is 18.5 Å². The average molecular weight is 313 g/mol. The molecule has 0 aliphatic carbocycles. The minimum atomic E-state index is -3.32. The van der Waals surface area contributed by atoms with Gasteiger partial charge in [-0.3, -0.25) is 4.79 Å². The molecule has 0 radical (unpaired) electrons. The first-order valence-electron chi connectivity index (χ1n) is 6.74. The van der Waals surface area contributed by atoms with Gasteiger partial charge in [-0.05, 0) is 45.0 Å². The van der Waals surface area contributed by atoms with Gasteiger partial charge >= 0.3 is 0 Å². The smallest absolute Gasteiger partial charge is 0.251 e. The Labute approximate surface area is 126 Å². The van der Waals surface area contributed by atoms with Crippen molar-refractivity contribution in [2.24, 2.45) is 0 Å². The molecule has 1 rings (SSSR count). The minimum absolute atomic E-state index is 0.202. The number of anilines is 1. The zero-order valence-electron chi connectivity index (χ0n) is 12.9. The van der Waals surface area contributed by atoms with Crippen LogP contribution in [0.25, 0.3) is 0 Å². The fraction of sp³-hybridized carbons (Fsp3) is 0.500. The number of carbonyl (C=O) groups excluding carboxylic acids is 1. The monoisotopic (exact) mass is 313 g/mol. The van der Waals surface area contributed by atoms with Gasteiger partial charge in [0, 0.05) is 29.9 Å². The van der Waals surface area contributed by atoms with Crippen molar-refractivity contribution >= 4 is 21.6 Å². The van der Waals surface area contributed by atoms with Gasteiger partial charge in [0.2, 0.25) is 10.0 Å². The Morgan fingerprint density at radius 3 is 2.24 bits per heavy atom. The van der Waals surface area contributed by atoms with Crippen LogP contribution in [0.5, 0.6) is 0 Å². The SMILES string of the molecule is CCNc1ccc(C(=O)NCC(C)(C)NS(C)(=O)=O)cc1. The Bertz CT molecular complexity index is 580. The molecule has 6 nitrogen and oxygen atoms in total. The van der Waals surface area contributed by atoms with Gasteiger partial charge in [-0.15, -0.1) is 0 Å². The molecule has 0 aliphatic heterocycles. The first-order chi connectivity index (χ1) is 9.63. The lowest BCUT2D eigenvalue weighted by atomic mass is 10.1. The van der Waals surface area contributed by atoms with E-state index in [1.54, 1.807) is 26.0 Å². The van der Waals surface area contributed by atoms with Crippen molar-refractivity contribution in [2.75, 3.05) is 24.7 Å². The summed E-state index contributed by atoms with van der Waals surface area (Å²) in [6, 6.07) is 7.12. The summed E-state index contributed by atoms with van der Waals surface area (Å²) in [5.74, 6) is -0.235. The van der Waals surface area contributed by atoms with Gasteiger partial charge in [-0.25, -0.2) is 13.1 Å². The van der Waals surface area contributed by atoms with Crippen LogP contribution in [0.4, 0.5) is 5.69 Å². The van der Waals surface area contributed by atoms with Crippen molar-refractivity contribution in [2.45, 2.75) is 26.3 Å². The second-order valence-electron chi connectivity index (χ2n) is 5.55. The van der Waals surface area contributed by atoms with Gasteiger partial charge in [0.1, 0.15) is 0 Å². The molecule has 118 valence electrons. The molecule has 0 atom stereocenters. The van der Waals surface area contributed by atoms with Crippen LogP contribution >= 0.6 is 0 Å². The lowest BCUT2D eigenvalue weighted by Gasteiger charge is -2.25. The van der Waals surface area contributed by atoms with Crippen LogP contribution in [0, 0.1) is 0 Å². The molecule has 0 aromatic heterocycles. The minimum Gasteiger partial charge on any atom is -0.385 e. The van der Waals surface area contributed by atoms with Crippen molar-refractivity contribution in [3.63, 3.8) is 0 Å². The molecule has 0 saturated carbocycles. The third-order valence-electron chi connectivity index (χ3n) is 2.68. The highest BCUT2D eigenvalue weighted by Gasteiger charge is 2.22. The zero-order chi connectivity index (χ0) is 16.1. The standard InChI is InChI=1S/C14H23N3O3S/c1-5-15-12-8-6-11(7-9-12)13(18)16-10-14(2,3)17-21(4,19)20/h6-9,15,17H,5,10H2,1-4H3,(H,16,18). The summed E-state index contributed by atoms with van der Waals surface area (Å²) in [6.45, 7) is 6.44. The molecule has 1 amide bonds. The van der Waals surface area contributed by atoms with E-state index in [-0.39, 0.29) is 12.5 Å². The van der Waals surface area contributed by atoms with Crippen LogP contribution in [-0.4, -0.2) is 39.2 Å². The molecule has 0 heterocycles. The van der Waals surface area contributed by atoms with Gasteiger partial charge in [-0.2, -0.15) is 0 Å². The van der Waals surface area contributed by atoms with Gasteiger partial charge in [0.15, 0.2) is 0 Å². The van der Waals surface area contributed by atoms with Gasteiger partial charge in [-0.1, -0.05) is 0 Å². The lowest BCUT2D eigenvalue weighted by molar-refractivity contribution is 0.0944. The number of hydrogen-bond acceptors (Lipinski definition) is 4. The Morgan fingerprint density at radius 1 is 1.19 bits per heavy atom. The van der Waals surface area contributed by atoms with Crippen LogP contribution in [-0.2, 0) is 10.0 Å². The molecular weight excluding hydrogens is 290 g/mol. The predicted molar refractivity (Wildman–Crippen MR) is 85.0 cm³/mol. The van der Waals surface area contributed by atoms with E-state index < -0.39 is 15.6 Å². The summed E-state index contributed by atoms with van der Waals surface area (Å²) in [4.78, 5) is 12.0. The van der Waals surface area contributed by atoms with Crippen molar-refractivity contribution in [1.82, 2.24) is 10.0 Å². The van der Waals surface area contributed by atoms with Crippen LogP contribution in [0.3, 0.4) is 0 Å². The maximum Gasteiger partial charge on any atom is 0.251 e. The fourth-order valence-corrected chi connectivity index (χ4v) is 2.96. The molecule has 1 aromatic rings. The van der Waals surface area contributed by atoms with E-state index in [2.05, 4.69) is 15.4 Å². The number of nitrogens with one attached hydrogen (secondary N) is 3. The van der Waals surface area contributed by atoms with E-state index in [0.29, 0.717) is 5.56 Å². The quantitative estimate of drug-likeness (QED) is 0.705. The Balaban J connectivity index is 2.61. The number of rotatable bonds is 7. The van der Waals surface area contributed by atoms with Gasteiger partial charge in [0.05, 0.1) is 6.26 Å². The Morgan fingerprint density at radius 2 is 1.76 bits per heavy atom. The van der Waals surface area contributed by atoms with Gasteiger partial charge in [0.25, 0.3) is 5.91 Å². The molecule has 7 heteroatoms. The highest BCUT2D eigenvalue weighted by Crippen LogP contribution is 2.09. The molecule has 0 unspecified atom stereocenters. The number of carbonyl (C=O) groups is 1. The molecule has 0 spiro atoms. The molecule has 0 fully saturated rings. The number of sulfonamides is 1. The maximum atomic E-state index is 12.0. The molecular formula is C14H23N3O3S. The summed E-state index contributed by atoms with van der Waals surface area (Å²) in [5, 5.41) is 5.87. The molecule has 1 aromatic carbocycles. The molecule has 0 aliphatic rings. The molecule has 21 heavy (non-hydrogen) atoms. The van der Waals surface area contributed by atoms with Crippen molar-refractivity contribution in [1.29, 1.82) is 0 Å². The van der Waals surface area contributed by atoms with Gasteiger partial charge < -0.3 is 10.6 Å². The van der Waals surface area contributed by atoms with E-state index in [1.807, 2.05) is 19.1 Å². The fourth-order valence-electron chi connectivity index (χ4n) is 1.88. The van der Waals surface area contributed by atoms with E-state index in [9.17, 15) is 13.2 Å². The number of hydrogen-bond donors (Lipinski definition) is 3. The predicted octanol–water partition coefficient (Wildman–Crippen LogP) is 1.18. The van der Waals surface area contributed by atoms with Crippen LogP contribution < -0.4 is 15.4 Å². The van der Waals surface area contributed by atoms with Crippen molar-refractivity contribution in [3.05, 3.63) is 29.8 Å². The maximum absolute atomic E-state index is 12.0. The van der Waals surface area contributed by atoms with Crippen molar-refractivity contribution < 1.29 is 13.2 Å². The second-order valence-corrected chi connectivity index (χ2v) is 7.30. The largest absolute Gasteiger partial charge is 0.385 e. The van der Waals surface area contributed by atoms with Crippen LogP contribution in [0.2, 0.25) is 0 Å². The summed E-state index contributed by atoms with van der Waals surface area (Å²) in [7, 11) is -3.32. The van der Waals surface area contributed by atoms with Crippen LogP contribution in [0.15, 0.2) is 24.3 Å². The second kappa shape index (κ2) is 6.91. The first kappa shape index (κ1) is 17.5. The summed E-state index contributed by atoms with van der Waals surface area (Å²) < 4.78 is 24.9. The van der Waals surface area contributed by atoms with Crippen molar-refractivity contribution in [3.8, 4) is 0 Å². The third-order valence-corrected chi connectivity index (χ3v) is 3.60. The average Bonchev–Trinajstić information content (AvgIpc) is 2.34. The van der Waals surface area contributed by atoms with E-state index in [4.69, 9.17) is 0 Å². The molecule has 0 saturated heterocycles. The van der Waals surface area contributed by atoms with Crippen LogP contribution in [0.1, 0.15) is 31.1 Å². The molecule has 3 N–H and O–H groups in total. The normalized spacial score (nSPS) is 12.0. The summed E-state index contributed by atoms with van der Waals surface area (Å²) in [5.41, 5.74) is 0.743. The van der Waals surface area contributed by atoms with E-state index >= 15 is 0 Å². The summed E-state index contributed by atoms with van der Waals surface area (Å²) in [6.07, 6.45) is 1.09. The van der Waals surface area contributed by atoms with E-state index in [1.165, 1.54) is 0 Å². The summed E-state index contributed by atoms with van der Waals surface area (Å²) >= 11 is 0. The Kier molecular flexibility index (Phi) is 5.74. The Hall–Kier alpha value is -1.60. The third kappa shape index (κ3) is 6.59. The first-order valence-corrected chi connectivity index (χ1v) is 8.63. The highest BCUT2D eigenvalue weighted by molar-refractivity contribution is 7.88. The number of amides is 1. The topological polar surface area (TPSA) is 87.3 Å². The highest BCUT2D eigenvalue weighted by atomic mass is 32.2. The lowest BCUT2D eigenvalue weighted by Crippen LogP contribution is -2.51. The molecule has 0 bridgehead atoms. The zero-order valence-corrected chi connectivity index (χ0v) is 13.7. The number of benzene rings is 1.